The minimum atomic E-state index is 0.646. The van der Waals surface area contributed by atoms with Gasteiger partial charge < -0.3 is 10.2 Å². The minimum absolute atomic E-state index is 0.646. The van der Waals surface area contributed by atoms with Crippen molar-refractivity contribution in [3.8, 4) is 0 Å². The number of nitrogens with zero attached hydrogens (tertiary/aromatic N) is 1. The average Bonchev–Trinajstić information content (AvgIpc) is 2.57. The van der Waals surface area contributed by atoms with E-state index in [1.54, 1.807) is 0 Å². The number of hydrogen-bond acceptors (Lipinski definition) is 2. The Labute approximate surface area is 157 Å². The van der Waals surface area contributed by atoms with E-state index in [9.17, 15) is 0 Å². The number of hydrogen-bond donors (Lipinski definition) is 1. The molecule has 2 nitrogen and oxygen atoms in total. The third-order valence-corrected chi connectivity index (χ3v) is 4.88. The van der Waals surface area contributed by atoms with E-state index in [2.05, 4.69) is 69.2 Å². The zero-order valence-electron chi connectivity index (χ0n) is 17.5. The summed E-state index contributed by atoms with van der Waals surface area (Å²) >= 11 is 0. The Hall–Kier alpha value is -0.860. The normalized spacial score (nSPS) is 12.9. The Kier molecular flexibility index (Phi) is 11.9. The molecular weight excluding hydrogens is 304 g/mol. The maximum atomic E-state index is 3.67. The van der Waals surface area contributed by atoms with Crippen molar-refractivity contribution in [3.63, 3.8) is 0 Å². The number of benzene rings is 1. The van der Waals surface area contributed by atoms with Crippen molar-refractivity contribution >= 4 is 0 Å². The molecule has 1 N–H and O–H groups in total. The lowest BCUT2D eigenvalue weighted by Crippen LogP contribution is -2.28. The van der Waals surface area contributed by atoms with Crippen molar-refractivity contribution in [2.75, 3.05) is 26.7 Å². The average molecular weight is 347 g/mol. The van der Waals surface area contributed by atoms with Crippen LogP contribution in [0, 0.1) is 5.92 Å². The molecule has 0 saturated heterocycles. The van der Waals surface area contributed by atoms with Crippen LogP contribution >= 0.6 is 0 Å². The summed E-state index contributed by atoms with van der Waals surface area (Å²) in [5.74, 6) is 0.744. The molecule has 0 fully saturated rings. The molecule has 0 saturated carbocycles. The van der Waals surface area contributed by atoms with Crippen molar-refractivity contribution < 1.29 is 0 Å². The van der Waals surface area contributed by atoms with E-state index in [4.69, 9.17) is 0 Å². The van der Waals surface area contributed by atoms with Gasteiger partial charge in [0.2, 0.25) is 0 Å². The van der Waals surface area contributed by atoms with Gasteiger partial charge in [0.15, 0.2) is 0 Å². The van der Waals surface area contributed by atoms with E-state index in [-0.39, 0.29) is 0 Å². The van der Waals surface area contributed by atoms with Gasteiger partial charge in [-0.25, -0.2) is 0 Å². The van der Waals surface area contributed by atoms with Gasteiger partial charge in [0, 0.05) is 19.1 Å². The van der Waals surface area contributed by atoms with E-state index in [1.165, 1.54) is 49.8 Å². The standard InChI is InChI=1S/C23H42N2/c1-6-7-8-9-10-21(4)24-17-15-22-11-13-23(14-12-22)16-18-25(5)19-20(2)3/h11-14,20-21,24H,6-10,15-19H2,1-5H3. The van der Waals surface area contributed by atoms with E-state index < -0.39 is 0 Å². The highest BCUT2D eigenvalue weighted by atomic mass is 15.1. The summed E-state index contributed by atoms with van der Waals surface area (Å²) in [6.45, 7) is 12.6. The molecule has 1 unspecified atom stereocenters. The lowest BCUT2D eigenvalue weighted by atomic mass is 10.1. The Bertz CT molecular complexity index is 424. The number of unbranched alkanes of at least 4 members (excludes halogenated alkanes) is 3. The summed E-state index contributed by atoms with van der Waals surface area (Å²) in [7, 11) is 2.23. The first kappa shape index (κ1) is 22.2. The predicted octanol–water partition coefficient (Wildman–Crippen LogP) is 5.31. The second-order valence-corrected chi connectivity index (χ2v) is 8.18. The van der Waals surface area contributed by atoms with Crippen molar-refractivity contribution in [1.82, 2.24) is 10.2 Å². The number of nitrogens with one attached hydrogen (secondary N) is 1. The molecule has 0 spiro atoms. The second-order valence-electron chi connectivity index (χ2n) is 8.18. The van der Waals surface area contributed by atoms with Crippen molar-refractivity contribution in [3.05, 3.63) is 35.4 Å². The molecule has 0 aromatic heterocycles. The highest BCUT2D eigenvalue weighted by Gasteiger charge is 2.03. The molecule has 2 heteroatoms. The molecule has 0 radical (unpaired) electrons. The van der Waals surface area contributed by atoms with Crippen LogP contribution in [0.4, 0.5) is 0 Å². The van der Waals surface area contributed by atoms with Crippen molar-refractivity contribution in [2.24, 2.45) is 5.92 Å². The van der Waals surface area contributed by atoms with Crippen LogP contribution in [0.25, 0.3) is 0 Å². The quantitative estimate of drug-likeness (QED) is 0.459. The first-order valence-electron chi connectivity index (χ1n) is 10.5. The smallest absolute Gasteiger partial charge is 0.00388 e. The fourth-order valence-electron chi connectivity index (χ4n) is 3.35. The third kappa shape index (κ3) is 11.4. The SMILES string of the molecule is CCCCCCC(C)NCCc1ccc(CCN(C)CC(C)C)cc1. The molecule has 0 aliphatic carbocycles. The highest BCUT2D eigenvalue weighted by molar-refractivity contribution is 5.23. The Morgan fingerprint density at radius 3 is 2.16 bits per heavy atom. The predicted molar refractivity (Wildman–Crippen MR) is 112 cm³/mol. The molecule has 1 aromatic rings. The van der Waals surface area contributed by atoms with Crippen molar-refractivity contribution in [2.45, 2.75) is 78.7 Å². The van der Waals surface area contributed by atoms with E-state index in [1.807, 2.05) is 0 Å². The number of rotatable bonds is 14. The first-order valence-corrected chi connectivity index (χ1v) is 10.5. The Morgan fingerprint density at radius 1 is 0.920 bits per heavy atom. The van der Waals surface area contributed by atoms with Crippen molar-refractivity contribution in [1.29, 1.82) is 0 Å². The largest absolute Gasteiger partial charge is 0.314 e. The van der Waals surface area contributed by atoms with Crippen LogP contribution in [0.3, 0.4) is 0 Å². The van der Waals surface area contributed by atoms with Crippen LogP contribution in [-0.4, -0.2) is 37.6 Å². The molecule has 0 amide bonds. The molecule has 144 valence electrons. The Morgan fingerprint density at radius 2 is 1.56 bits per heavy atom. The van der Waals surface area contributed by atoms with Gasteiger partial charge >= 0.3 is 0 Å². The maximum Gasteiger partial charge on any atom is 0.00388 e. The van der Waals surface area contributed by atoms with Gasteiger partial charge in [-0.15, -0.1) is 0 Å². The topological polar surface area (TPSA) is 15.3 Å². The molecule has 1 atom stereocenters. The van der Waals surface area contributed by atoms with Crippen LogP contribution in [0.5, 0.6) is 0 Å². The van der Waals surface area contributed by atoms with E-state index in [0.29, 0.717) is 6.04 Å². The van der Waals surface area contributed by atoms with Gasteiger partial charge in [-0.2, -0.15) is 0 Å². The fraction of sp³-hybridized carbons (Fsp3) is 0.739. The number of likely N-dealkylation sites (N-methyl/N-ethyl adjacent to an activating group) is 1. The minimum Gasteiger partial charge on any atom is -0.314 e. The van der Waals surface area contributed by atoms with Gasteiger partial charge in [-0.1, -0.05) is 70.7 Å². The van der Waals surface area contributed by atoms with Crippen LogP contribution in [0.15, 0.2) is 24.3 Å². The van der Waals surface area contributed by atoms with Gasteiger partial charge in [-0.05, 0) is 56.8 Å². The zero-order chi connectivity index (χ0) is 18.5. The Balaban J connectivity index is 2.19. The van der Waals surface area contributed by atoms with Gasteiger partial charge in [0.25, 0.3) is 0 Å². The molecular formula is C23H42N2. The summed E-state index contributed by atoms with van der Waals surface area (Å²) in [4.78, 5) is 2.43. The summed E-state index contributed by atoms with van der Waals surface area (Å²) in [5.41, 5.74) is 2.90. The summed E-state index contributed by atoms with van der Waals surface area (Å²) in [5, 5.41) is 3.67. The first-order chi connectivity index (χ1) is 12.0. The van der Waals surface area contributed by atoms with E-state index in [0.717, 1.165) is 31.8 Å². The highest BCUT2D eigenvalue weighted by Crippen LogP contribution is 2.08. The summed E-state index contributed by atoms with van der Waals surface area (Å²) < 4.78 is 0. The van der Waals surface area contributed by atoms with E-state index >= 15 is 0 Å². The van der Waals surface area contributed by atoms with Gasteiger partial charge in [0.1, 0.15) is 0 Å². The summed E-state index contributed by atoms with van der Waals surface area (Å²) in [6, 6.07) is 9.89. The van der Waals surface area contributed by atoms with Crippen LogP contribution in [0.1, 0.15) is 70.9 Å². The molecule has 25 heavy (non-hydrogen) atoms. The molecule has 0 heterocycles. The molecule has 1 aromatic carbocycles. The van der Waals surface area contributed by atoms with Gasteiger partial charge in [0.05, 0.1) is 0 Å². The van der Waals surface area contributed by atoms with Crippen LogP contribution in [0.2, 0.25) is 0 Å². The zero-order valence-corrected chi connectivity index (χ0v) is 17.5. The fourth-order valence-corrected chi connectivity index (χ4v) is 3.35. The maximum absolute atomic E-state index is 3.67. The molecule has 0 aliphatic rings. The third-order valence-electron chi connectivity index (χ3n) is 4.88. The molecule has 1 rings (SSSR count). The summed E-state index contributed by atoms with van der Waals surface area (Å²) in [6.07, 6.45) is 9.04. The lowest BCUT2D eigenvalue weighted by molar-refractivity contribution is 0.299. The lowest BCUT2D eigenvalue weighted by Gasteiger charge is -2.18. The molecule has 0 bridgehead atoms. The molecule has 0 aliphatic heterocycles. The van der Waals surface area contributed by atoms with Gasteiger partial charge in [-0.3, -0.25) is 0 Å². The second kappa shape index (κ2) is 13.4. The monoisotopic (exact) mass is 346 g/mol. The van der Waals surface area contributed by atoms with Crippen LogP contribution < -0.4 is 5.32 Å². The van der Waals surface area contributed by atoms with Crippen LogP contribution in [-0.2, 0) is 12.8 Å².